The van der Waals surface area contributed by atoms with Gasteiger partial charge in [-0.25, -0.2) is 0 Å². The topological polar surface area (TPSA) is 52.5 Å². The number of phenolic OH excluding ortho intramolecular Hbond substituents is 2. The molecule has 2 rings (SSSR count). The molecule has 0 spiro atoms. The number of aromatic hydroxyl groups is 2. The minimum Gasteiger partial charge on any atom is -0.508 e. The first kappa shape index (κ1) is 12.6. The van der Waals surface area contributed by atoms with Crippen LogP contribution in [-0.4, -0.2) is 10.2 Å². The van der Waals surface area contributed by atoms with Crippen LogP contribution in [0.2, 0.25) is 5.02 Å². The van der Waals surface area contributed by atoms with Gasteiger partial charge < -0.3 is 15.5 Å². The number of hydrogen-bond acceptors (Lipinski definition) is 3. The predicted molar refractivity (Wildman–Crippen MR) is 73.3 cm³/mol. The van der Waals surface area contributed by atoms with Gasteiger partial charge >= 0.3 is 0 Å². The van der Waals surface area contributed by atoms with Gasteiger partial charge in [0, 0.05) is 22.3 Å². The molecule has 0 aliphatic heterocycles. The van der Waals surface area contributed by atoms with Crippen molar-refractivity contribution in [2.45, 2.75) is 13.0 Å². The second-order valence-electron chi connectivity index (χ2n) is 4.12. The smallest absolute Gasteiger partial charge is 0.124 e. The van der Waals surface area contributed by atoms with Crippen molar-refractivity contribution in [2.24, 2.45) is 0 Å². The Labute approximate surface area is 111 Å². The Morgan fingerprint density at radius 3 is 2.56 bits per heavy atom. The van der Waals surface area contributed by atoms with Crippen molar-refractivity contribution >= 4 is 17.3 Å². The Balaban J connectivity index is 2.19. The molecule has 3 N–H and O–H groups in total. The van der Waals surface area contributed by atoms with Gasteiger partial charge in [-0.1, -0.05) is 17.7 Å². The zero-order chi connectivity index (χ0) is 13.1. The van der Waals surface area contributed by atoms with Crippen LogP contribution in [0.5, 0.6) is 11.5 Å². The summed E-state index contributed by atoms with van der Waals surface area (Å²) >= 11 is 5.90. The van der Waals surface area contributed by atoms with Crippen LogP contribution in [0.1, 0.15) is 18.5 Å². The van der Waals surface area contributed by atoms with Gasteiger partial charge in [0.15, 0.2) is 0 Å². The highest BCUT2D eigenvalue weighted by Gasteiger charge is 2.10. The number of nitrogens with one attached hydrogen (secondary N) is 1. The molecular formula is C14H14ClNO2. The van der Waals surface area contributed by atoms with Crippen molar-refractivity contribution in [2.75, 3.05) is 5.32 Å². The molecule has 0 aliphatic carbocycles. The van der Waals surface area contributed by atoms with Crippen LogP contribution in [0.3, 0.4) is 0 Å². The quantitative estimate of drug-likeness (QED) is 0.787. The maximum atomic E-state index is 9.77. The highest BCUT2D eigenvalue weighted by molar-refractivity contribution is 6.30. The van der Waals surface area contributed by atoms with Crippen LogP contribution in [0.25, 0.3) is 0 Å². The fourth-order valence-electron chi connectivity index (χ4n) is 1.80. The first-order chi connectivity index (χ1) is 8.56. The lowest BCUT2D eigenvalue weighted by Crippen LogP contribution is -2.06. The van der Waals surface area contributed by atoms with Gasteiger partial charge in [0.25, 0.3) is 0 Å². The van der Waals surface area contributed by atoms with Gasteiger partial charge in [0.05, 0.1) is 6.04 Å². The molecule has 1 atom stereocenters. The Bertz CT molecular complexity index is 557. The number of hydrogen-bond donors (Lipinski definition) is 3. The molecule has 18 heavy (non-hydrogen) atoms. The van der Waals surface area contributed by atoms with Gasteiger partial charge in [-0.05, 0) is 37.3 Å². The standard InChI is InChI=1S/C14H14ClNO2/c1-9(13-6-5-12(17)8-14(13)18)16-11-4-2-3-10(15)7-11/h2-9,16-18H,1H3. The molecule has 0 amide bonds. The molecular weight excluding hydrogens is 250 g/mol. The van der Waals surface area contributed by atoms with Gasteiger partial charge in [-0.2, -0.15) is 0 Å². The molecule has 1 unspecified atom stereocenters. The van der Waals surface area contributed by atoms with E-state index in [1.54, 1.807) is 18.2 Å². The summed E-state index contributed by atoms with van der Waals surface area (Å²) in [6.07, 6.45) is 0. The van der Waals surface area contributed by atoms with E-state index in [1.165, 1.54) is 6.07 Å². The molecule has 0 aliphatic rings. The number of phenols is 2. The molecule has 0 aromatic heterocycles. The highest BCUT2D eigenvalue weighted by Crippen LogP contribution is 2.30. The lowest BCUT2D eigenvalue weighted by molar-refractivity contribution is 0.444. The molecule has 2 aromatic rings. The molecule has 0 fully saturated rings. The minimum atomic E-state index is -0.0935. The predicted octanol–water partition coefficient (Wildman–Crippen LogP) is 3.92. The van der Waals surface area contributed by atoms with Crippen molar-refractivity contribution < 1.29 is 10.2 Å². The molecule has 0 bridgehead atoms. The molecule has 3 nitrogen and oxygen atoms in total. The Morgan fingerprint density at radius 2 is 1.89 bits per heavy atom. The Morgan fingerprint density at radius 1 is 1.11 bits per heavy atom. The second kappa shape index (κ2) is 5.19. The van der Waals surface area contributed by atoms with Gasteiger partial charge in [0.1, 0.15) is 11.5 Å². The number of anilines is 1. The van der Waals surface area contributed by atoms with E-state index < -0.39 is 0 Å². The van der Waals surface area contributed by atoms with Crippen molar-refractivity contribution in [3.8, 4) is 11.5 Å². The van der Waals surface area contributed by atoms with E-state index >= 15 is 0 Å². The van der Waals surface area contributed by atoms with Gasteiger partial charge in [-0.3, -0.25) is 0 Å². The van der Waals surface area contributed by atoms with E-state index in [1.807, 2.05) is 25.1 Å². The van der Waals surface area contributed by atoms with Crippen LogP contribution in [0.4, 0.5) is 5.69 Å². The van der Waals surface area contributed by atoms with Gasteiger partial charge in [-0.15, -0.1) is 0 Å². The Hall–Kier alpha value is -1.87. The maximum Gasteiger partial charge on any atom is 0.124 e. The van der Waals surface area contributed by atoms with Gasteiger partial charge in [0.2, 0.25) is 0 Å². The van der Waals surface area contributed by atoms with E-state index in [4.69, 9.17) is 11.6 Å². The summed E-state index contributed by atoms with van der Waals surface area (Å²) in [4.78, 5) is 0. The summed E-state index contributed by atoms with van der Waals surface area (Å²) in [6.45, 7) is 1.92. The second-order valence-corrected chi connectivity index (χ2v) is 4.56. The van der Waals surface area contributed by atoms with E-state index in [9.17, 15) is 10.2 Å². The van der Waals surface area contributed by atoms with Crippen molar-refractivity contribution in [3.63, 3.8) is 0 Å². The maximum absolute atomic E-state index is 9.77. The third-order valence-electron chi connectivity index (χ3n) is 2.69. The van der Waals surface area contributed by atoms with Crippen LogP contribution in [0, 0.1) is 0 Å². The first-order valence-electron chi connectivity index (χ1n) is 5.60. The minimum absolute atomic E-state index is 0.0474. The molecule has 0 radical (unpaired) electrons. The zero-order valence-corrected chi connectivity index (χ0v) is 10.6. The number of benzene rings is 2. The summed E-state index contributed by atoms with van der Waals surface area (Å²) in [6, 6.07) is 11.8. The summed E-state index contributed by atoms with van der Waals surface area (Å²) in [5.74, 6) is 0.114. The van der Waals surface area contributed by atoms with Crippen LogP contribution in [0.15, 0.2) is 42.5 Å². The summed E-state index contributed by atoms with van der Waals surface area (Å²) in [5.41, 5.74) is 1.59. The highest BCUT2D eigenvalue weighted by atomic mass is 35.5. The molecule has 0 saturated heterocycles. The van der Waals surface area contributed by atoms with E-state index in [0.29, 0.717) is 10.6 Å². The SMILES string of the molecule is CC(Nc1cccc(Cl)c1)c1ccc(O)cc1O. The van der Waals surface area contributed by atoms with E-state index in [0.717, 1.165) is 5.69 Å². The largest absolute Gasteiger partial charge is 0.508 e. The number of halogens is 1. The molecule has 0 saturated carbocycles. The van der Waals surface area contributed by atoms with Crippen LogP contribution in [-0.2, 0) is 0 Å². The first-order valence-corrected chi connectivity index (χ1v) is 5.98. The molecule has 2 aromatic carbocycles. The fourth-order valence-corrected chi connectivity index (χ4v) is 1.99. The number of rotatable bonds is 3. The molecule has 94 valence electrons. The van der Waals surface area contributed by atoms with Crippen LogP contribution >= 0.6 is 11.6 Å². The van der Waals surface area contributed by atoms with Crippen molar-refractivity contribution in [1.82, 2.24) is 0 Å². The summed E-state index contributed by atoms with van der Waals surface area (Å²) < 4.78 is 0. The summed E-state index contributed by atoms with van der Waals surface area (Å²) in [5, 5.41) is 22.9. The average Bonchev–Trinajstić information content (AvgIpc) is 2.28. The third kappa shape index (κ3) is 2.87. The van der Waals surface area contributed by atoms with Crippen LogP contribution < -0.4 is 5.32 Å². The van der Waals surface area contributed by atoms with E-state index in [2.05, 4.69) is 5.32 Å². The average molecular weight is 264 g/mol. The fraction of sp³-hybridized carbons (Fsp3) is 0.143. The zero-order valence-electron chi connectivity index (χ0n) is 9.89. The van der Waals surface area contributed by atoms with E-state index in [-0.39, 0.29) is 17.5 Å². The lowest BCUT2D eigenvalue weighted by Gasteiger charge is -2.17. The third-order valence-corrected chi connectivity index (χ3v) is 2.92. The lowest BCUT2D eigenvalue weighted by atomic mass is 10.1. The Kier molecular flexibility index (Phi) is 3.63. The monoisotopic (exact) mass is 263 g/mol. The molecule has 0 heterocycles. The molecule has 4 heteroatoms. The summed E-state index contributed by atoms with van der Waals surface area (Å²) in [7, 11) is 0. The van der Waals surface area contributed by atoms with Crippen molar-refractivity contribution in [1.29, 1.82) is 0 Å². The normalized spacial score (nSPS) is 12.1. The van der Waals surface area contributed by atoms with Crippen molar-refractivity contribution in [3.05, 3.63) is 53.1 Å².